The fourth-order valence-corrected chi connectivity index (χ4v) is 5.79. The fourth-order valence-electron chi connectivity index (χ4n) is 1.56. The molecule has 2 atom stereocenters. The minimum atomic E-state index is 0.298. The van der Waals surface area contributed by atoms with Gasteiger partial charge in [-0.25, -0.2) is 0 Å². The number of aliphatic hydroxyl groups is 1. The molecule has 0 bridgehead atoms. The van der Waals surface area contributed by atoms with E-state index in [4.69, 9.17) is 9.52 Å². The van der Waals surface area contributed by atoms with Crippen LogP contribution in [-0.2, 0) is 0 Å². The summed E-state index contributed by atoms with van der Waals surface area (Å²) in [6.07, 6.45) is 2.99. The van der Waals surface area contributed by atoms with Crippen molar-refractivity contribution in [2.75, 3.05) is 23.9 Å². The average Bonchev–Trinajstić information content (AvgIpc) is 2.94. The molecule has 0 aromatic carbocycles. The van der Waals surface area contributed by atoms with E-state index in [0.29, 0.717) is 11.2 Å². The largest absolute Gasteiger partial charge is 0.467 e. The van der Waals surface area contributed by atoms with Gasteiger partial charge in [0.25, 0.3) is 0 Å². The first-order valence-electron chi connectivity index (χ1n) is 5.39. The van der Waals surface area contributed by atoms with Crippen molar-refractivity contribution in [1.29, 1.82) is 0 Å². The number of aliphatic hydroxyl groups excluding tert-OH is 1. The van der Waals surface area contributed by atoms with E-state index < -0.39 is 0 Å². The summed E-state index contributed by atoms with van der Waals surface area (Å²) in [5, 5.41) is 9.42. The Morgan fingerprint density at radius 2 is 2.44 bits per heavy atom. The zero-order chi connectivity index (χ0) is 11.2. The van der Waals surface area contributed by atoms with Crippen LogP contribution in [0.25, 0.3) is 0 Å². The molecule has 5 heteroatoms. The van der Waals surface area contributed by atoms with E-state index in [1.54, 1.807) is 6.26 Å². The molecule has 2 heterocycles. The van der Waals surface area contributed by atoms with Gasteiger partial charge in [-0.3, -0.25) is 0 Å². The molecule has 0 aliphatic carbocycles. The highest BCUT2D eigenvalue weighted by Gasteiger charge is 2.28. The van der Waals surface area contributed by atoms with Gasteiger partial charge in [0.1, 0.15) is 10.3 Å². The molecule has 1 aliphatic heterocycles. The van der Waals surface area contributed by atoms with Crippen LogP contribution in [0.1, 0.15) is 16.8 Å². The van der Waals surface area contributed by atoms with Gasteiger partial charge in [-0.05, 0) is 24.3 Å². The highest BCUT2D eigenvalue weighted by molar-refractivity contribution is 8.19. The summed E-state index contributed by atoms with van der Waals surface area (Å²) in [6.45, 7) is 0.298. The fraction of sp³-hybridized carbons (Fsp3) is 0.636. The smallest absolute Gasteiger partial charge is 0.126 e. The van der Waals surface area contributed by atoms with Crippen LogP contribution in [0.4, 0.5) is 0 Å². The summed E-state index contributed by atoms with van der Waals surface area (Å²) in [5.74, 6) is 4.34. The zero-order valence-corrected chi connectivity index (χ0v) is 11.5. The van der Waals surface area contributed by atoms with Gasteiger partial charge in [0.15, 0.2) is 0 Å². The van der Waals surface area contributed by atoms with Gasteiger partial charge in [-0.15, -0.1) is 23.5 Å². The summed E-state index contributed by atoms with van der Waals surface area (Å²) < 4.78 is 5.92. The van der Waals surface area contributed by atoms with Crippen molar-refractivity contribution in [2.45, 2.75) is 16.3 Å². The Bertz CT molecular complexity index is 289. The van der Waals surface area contributed by atoms with Gasteiger partial charge in [0, 0.05) is 16.8 Å². The Kier molecular flexibility index (Phi) is 5.48. The molecule has 2 unspecified atom stereocenters. The van der Waals surface area contributed by atoms with Crippen molar-refractivity contribution >= 4 is 35.3 Å². The molecule has 1 aromatic rings. The predicted octanol–water partition coefficient (Wildman–Crippen LogP) is 3.24. The van der Waals surface area contributed by atoms with Crippen LogP contribution < -0.4 is 0 Å². The van der Waals surface area contributed by atoms with Crippen LogP contribution >= 0.6 is 35.3 Å². The van der Waals surface area contributed by atoms with Crippen molar-refractivity contribution < 1.29 is 9.52 Å². The van der Waals surface area contributed by atoms with E-state index in [0.717, 1.165) is 22.5 Å². The summed E-state index contributed by atoms with van der Waals surface area (Å²) in [5.41, 5.74) is 0. The van der Waals surface area contributed by atoms with Crippen LogP contribution in [0.5, 0.6) is 0 Å². The lowest BCUT2D eigenvalue weighted by molar-refractivity contribution is 0.322. The lowest BCUT2D eigenvalue weighted by Gasteiger charge is -2.08. The lowest BCUT2D eigenvalue weighted by Crippen LogP contribution is -2.03. The van der Waals surface area contributed by atoms with E-state index in [-0.39, 0.29) is 0 Å². The first-order chi connectivity index (χ1) is 7.90. The summed E-state index contributed by atoms with van der Waals surface area (Å²) in [6, 6.07) is 4.02. The second-order valence-electron chi connectivity index (χ2n) is 3.56. The normalized spacial score (nSPS) is 25.1. The first-order valence-corrected chi connectivity index (χ1v) is 8.54. The molecular weight excluding hydrogens is 260 g/mol. The number of furan rings is 1. The van der Waals surface area contributed by atoms with E-state index >= 15 is 0 Å². The van der Waals surface area contributed by atoms with Gasteiger partial charge >= 0.3 is 0 Å². The van der Waals surface area contributed by atoms with Crippen molar-refractivity contribution in [3.05, 3.63) is 24.2 Å². The standard InChI is InChI=1S/C11H16O2S3/c12-4-7-14-6-3-9-8-15-11(16-9)10-2-1-5-13-10/h1-2,5,9,11-12H,3-4,6-8H2. The second-order valence-corrected chi connectivity index (χ2v) is 7.63. The molecule has 1 N–H and O–H groups in total. The minimum Gasteiger partial charge on any atom is -0.467 e. The molecule has 0 radical (unpaired) electrons. The highest BCUT2D eigenvalue weighted by atomic mass is 32.2. The average molecular weight is 276 g/mol. The van der Waals surface area contributed by atoms with Gasteiger partial charge in [0.05, 0.1) is 12.9 Å². The Hall–Kier alpha value is 0.290. The summed E-state index contributed by atoms with van der Waals surface area (Å²) >= 11 is 5.85. The topological polar surface area (TPSA) is 33.4 Å². The third-order valence-corrected chi connectivity index (χ3v) is 6.69. The third-order valence-electron chi connectivity index (χ3n) is 2.34. The van der Waals surface area contributed by atoms with E-state index in [1.165, 1.54) is 12.2 Å². The molecule has 2 nitrogen and oxygen atoms in total. The highest BCUT2D eigenvalue weighted by Crippen LogP contribution is 2.50. The second kappa shape index (κ2) is 6.89. The van der Waals surface area contributed by atoms with Gasteiger partial charge < -0.3 is 9.52 Å². The maximum atomic E-state index is 8.68. The summed E-state index contributed by atoms with van der Waals surface area (Å²) in [7, 11) is 0. The first kappa shape index (κ1) is 12.7. The molecule has 0 amide bonds. The van der Waals surface area contributed by atoms with Gasteiger partial charge in [-0.1, -0.05) is 0 Å². The number of rotatable bonds is 6. The molecule has 16 heavy (non-hydrogen) atoms. The van der Waals surface area contributed by atoms with E-state index in [1.807, 2.05) is 41.4 Å². The van der Waals surface area contributed by atoms with E-state index in [2.05, 4.69) is 6.07 Å². The molecular formula is C11H16O2S3. The van der Waals surface area contributed by atoms with Gasteiger partial charge in [0.2, 0.25) is 0 Å². The third kappa shape index (κ3) is 3.65. The molecule has 0 spiro atoms. The van der Waals surface area contributed by atoms with Crippen molar-refractivity contribution in [3.8, 4) is 0 Å². The minimum absolute atomic E-state index is 0.298. The van der Waals surface area contributed by atoms with Crippen LogP contribution in [0.2, 0.25) is 0 Å². The maximum Gasteiger partial charge on any atom is 0.126 e. The molecule has 1 fully saturated rings. The monoisotopic (exact) mass is 276 g/mol. The molecule has 1 aromatic heterocycles. The molecule has 1 saturated heterocycles. The molecule has 2 rings (SSSR count). The Morgan fingerprint density at radius 3 is 3.19 bits per heavy atom. The van der Waals surface area contributed by atoms with Crippen LogP contribution in [-0.4, -0.2) is 34.2 Å². The Morgan fingerprint density at radius 1 is 1.50 bits per heavy atom. The van der Waals surface area contributed by atoms with Crippen molar-refractivity contribution in [3.63, 3.8) is 0 Å². The van der Waals surface area contributed by atoms with Crippen LogP contribution in [0.3, 0.4) is 0 Å². The predicted molar refractivity (Wildman–Crippen MR) is 74.3 cm³/mol. The SMILES string of the molecule is OCCSCCC1CSC(c2ccco2)S1. The lowest BCUT2D eigenvalue weighted by atomic mass is 10.4. The quantitative estimate of drug-likeness (QED) is 0.807. The Labute approximate surface area is 109 Å². The Balaban J connectivity index is 1.68. The zero-order valence-electron chi connectivity index (χ0n) is 9.00. The number of thioether (sulfide) groups is 3. The maximum absolute atomic E-state index is 8.68. The van der Waals surface area contributed by atoms with Crippen LogP contribution in [0, 0.1) is 0 Å². The summed E-state index contributed by atoms with van der Waals surface area (Å²) in [4.78, 5) is 0. The molecule has 1 aliphatic rings. The molecule has 0 saturated carbocycles. The number of hydrogen-bond donors (Lipinski definition) is 1. The van der Waals surface area contributed by atoms with Crippen LogP contribution in [0.15, 0.2) is 22.8 Å². The van der Waals surface area contributed by atoms with E-state index in [9.17, 15) is 0 Å². The number of hydrogen-bond acceptors (Lipinski definition) is 5. The molecule has 90 valence electrons. The van der Waals surface area contributed by atoms with Crippen molar-refractivity contribution in [1.82, 2.24) is 0 Å². The van der Waals surface area contributed by atoms with Crippen molar-refractivity contribution in [2.24, 2.45) is 0 Å². The van der Waals surface area contributed by atoms with Gasteiger partial charge in [-0.2, -0.15) is 11.8 Å².